The van der Waals surface area contributed by atoms with Crippen LogP contribution in [-0.2, 0) is 9.53 Å². The van der Waals surface area contributed by atoms with E-state index in [2.05, 4.69) is 10.1 Å². The van der Waals surface area contributed by atoms with E-state index in [0.717, 1.165) is 6.20 Å². The minimum Gasteiger partial charge on any atom is -0.494 e. The number of carbonyl (C=O) groups is 1. The summed E-state index contributed by atoms with van der Waals surface area (Å²) in [5, 5.41) is 11.2. The molecule has 0 aromatic heterocycles. The molecular formula is C13H11F3N2O3. The zero-order valence-electron chi connectivity index (χ0n) is 10.9. The van der Waals surface area contributed by atoms with E-state index in [4.69, 9.17) is 10.00 Å². The van der Waals surface area contributed by atoms with E-state index >= 15 is 0 Å². The third-order valence-corrected chi connectivity index (χ3v) is 2.10. The molecule has 0 fully saturated rings. The molecule has 0 saturated heterocycles. The average Bonchev–Trinajstić information content (AvgIpc) is 2.39. The molecule has 21 heavy (non-hydrogen) atoms. The number of hydrogen-bond donors (Lipinski definition) is 1. The molecule has 1 N–H and O–H groups in total. The number of nitriles is 1. The van der Waals surface area contributed by atoms with Crippen LogP contribution in [0.15, 0.2) is 36.0 Å². The van der Waals surface area contributed by atoms with Crippen molar-refractivity contribution in [2.24, 2.45) is 0 Å². The van der Waals surface area contributed by atoms with E-state index in [-0.39, 0.29) is 0 Å². The summed E-state index contributed by atoms with van der Waals surface area (Å²) < 4.78 is 44.0. The summed E-state index contributed by atoms with van der Waals surface area (Å²) in [6.45, 7) is 2.31. The summed E-state index contributed by atoms with van der Waals surface area (Å²) in [7, 11) is 0. The molecule has 0 atom stereocenters. The first-order valence-electron chi connectivity index (χ1n) is 5.75. The number of hydrogen-bond acceptors (Lipinski definition) is 5. The topological polar surface area (TPSA) is 71.3 Å². The largest absolute Gasteiger partial charge is 0.575 e. The van der Waals surface area contributed by atoms with Crippen LogP contribution in [0, 0.1) is 11.3 Å². The molecule has 0 aliphatic heterocycles. The number of anilines is 1. The van der Waals surface area contributed by atoms with Gasteiger partial charge in [0.2, 0.25) is 0 Å². The number of carbonyl (C=O) groups excluding carboxylic acids is 1. The van der Waals surface area contributed by atoms with Gasteiger partial charge in [0.1, 0.15) is 11.8 Å². The van der Waals surface area contributed by atoms with Crippen LogP contribution >= 0.6 is 0 Å². The van der Waals surface area contributed by atoms with Crippen LogP contribution in [0.2, 0.25) is 0 Å². The van der Waals surface area contributed by atoms with Gasteiger partial charge in [0, 0.05) is 11.9 Å². The molecule has 8 heteroatoms. The second-order valence-electron chi connectivity index (χ2n) is 3.61. The first-order chi connectivity index (χ1) is 9.85. The molecule has 0 radical (unpaired) electrons. The second kappa shape index (κ2) is 7.19. The smallest absolute Gasteiger partial charge is 0.494 e. The van der Waals surface area contributed by atoms with E-state index in [9.17, 15) is 18.0 Å². The number of alkyl halides is 3. The lowest BCUT2D eigenvalue weighted by Gasteiger charge is -2.07. The number of nitrogens with one attached hydrogen (secondary N) is 1. The van der Waals surface area contributed by atoms with E-state index in [1.54, 1.807) is 24.3 Å². The van der Waals surface area contributed by atoms with Gasteiger partial charge >= 0.3 is 12.3 Å². The van der Waals surface area contributed by atoms with Crippen LogP contribution < -0.4 is 10.1 Å². The zero-order valence-corrected chi connectivity index (χ0v) is 10.9. The Kier molecular flexibility index (Phi) is 5.60. The van der Waals surface area contributed by atoms with Gasteiger partial charge in [0.15, 0.2) is 5.57 Å². The van der Waals surface area contributed by atoms with Crippen molar-refractivity contribution in [2.45, 2.75) is 13.3 Å². The van der Waals surface area contributed by atoms with E-state index < -0.39 is 17.9 Å². The Morgan fingerprint density at radius 2 is 2.00 bits per heavy atom. The molecule has 0 unspecified atom stereocenters. The minimum absolute atomic E-state index is 0.464. The van der Waals surface area contributed by atoms with Crippen LogP contribution in [0.5, 0.6) is 5.75 Å². The van der Waals surface area contributed by atoms with Gasteiger partial charge in [-0.3, -0.25) is 0 Å². The fraction of sp³-hybridized carbons (Fsp3) is 0.231. The maximum absolute atomic E-state index is 11.9. The van der Waals surface area contributed by atoms with Gasteiger partial charge in [0.05, 0.1) is 6.61 Å². The number of nitrogens with zero attached hydrogens (tertiary/aromatic N) is 1. The Bertz CT molecular complexity index is 560. The highest BCUT2D eigenvalue weighted by Crippen LogP contribution is 2.19. The zero-order chi connectivity index (χ0) is 15.9. The summed E-state index contributed by atoms with van der Waals surface area (Å²) in [6, 6.07) is 7.73. The summed E-state index contributed by atoms with van der Waals surface area (Å²) in [6.07, 6.45) is -4.30. The average molecular weight is 300 g/mol. The van der Waals surface area contributed by atoms with E-state index in [1.807, 2.05) is 6.92 Å². The molecular weight excluding hydrogens is 289 g/mol. The van der Waals surface area contributed by atoms with Crippen molar-refractivity contribution in [2.75, 3.05) is 11.9 Å². The minimum atomic E-state index is -5.13. The number of benzene rings is 1. The standard InChI is InChI=1S/C13H11F3N2O3/c1-2-20-11-5-3-10(4-6-11)18-8-9(7-17)12(19)21-13(14,15)16/h3-6,8,18H,2H2,1H3/b9-8-. The summed E-state index contributed by atoms with van der Waals surface area (Å²) in [4.78, 5) is 11.1. The van der Waals surface area contributed by atoms with Crippen LogP contribution in [-0.4, -0.2) is 18.9 Å². The van der Waals surface area contributed by atoms with Crippen molar-refractivity contribution in [1.29, 1.82) is 5.26 Å². The van der Waals surface area contributed by atoms with Crippen molar-refractivity contribution >= 4 is 11.7 Å². The van der Waals surface area contributed by atoms with Gasteiger partial charge < -0.3 is 14.8 Å². The fourth-order valence-electron chi connectivity index (χ4n) is 1.27. The lowest BCUT2D eigenvalue weighted by Crippen LogP contribution is -2.20. The Labute approximate surface area is 118 Å². The third-order valence-electron chi connectivity index (χ3n) is 2.10. The molecule has 0 aliphatic rings. The maximum Gasteiger partial charge on any atom is 0.575 e. The van der Waals surface area contributed by atoms with Crippen molar-refractivity contribution < 1.29 is 27.4 Å². The summed E-state index contributed by atoms with van der Waals surface area (Å²) in [5.74, 6) is -1.16. The van der Waals surface area contributed by atoms with Crippen LogP contribution in [0.4, 0.5) is 18.9 Å². The Morgan fingerprint density at radius 1 is 1.38 bits per heavy atom. The van der Waals surface area contributed by atoms with Crippen molar-refractivity contribution in [1.82, 2.24) is 0 Å². The SMILES string of the molecule is CCOc1ccc(N/C=C(/C#N)C(=O)OC(F)(F)F)cc1. The highest BCUT2D eigenvalue weighted by atomic mass is 19.4. The molecule has 5 nitrogen and oxygen atoms in total. The first-order valence-corrected chi connectivity index (χ1v) is 5.75. The van der Waals surface area contributed by atoms with Gasteiger partial charge in [0.25, 0.3) is 0 Å². The van der Waals surface area contributed by atoms with Crippen LogP contribution in [0.1, 0.15) is 6.92 Å². The lowest BCUT2D eigenvalue weighted by atomic mass is 10.3. The molecule has 0 saturated carbocycles. The van der Waals surface area contributed by atoms with Gasteiger partial charge in [-0.25, -0.2) is 4.79 Å². The van der Waals surface area contributed by atoms with Crippen molar-refractivity contribution in [3.05, 3.63) is 36.0 Å². The van der Waals surface area contributed by atoms with Crippen molar-refractivity contribution in [3.8, 4) is 11.8 Å². The number of esters is 1. The maximum atomic E-state index is 11.9. The molecule has 0 bridgehead atoms. The lowest BCUT2D eigenvalue weighted by molar-refractivity contribution is -0.303. The van der Waals surface area contributed by atoms with Gasteiger partial charge in [-0.05, 0) is 31.2 Å². The molecule has 1 aromatic carbocycles. The quantitative estimate of drug-likeness (QED) is 0.514. The van der Waals surface area contributed by atoms with E-state index in [1.165, 1.54) is 6.07 Å². The highest BCUT2D eigenvalue weighted by Gasteiger charge is 2.35. The normalized spacial score (nSPS) is 11.5. The summed E-state index contributed by atoms with van der Waals surface area (Å²) >= 11 is 0. The van der Waals surface area contributed by atoms with Crippen LogP contribution in [0.25, 0.3) is 0 Å². The molecule has 112 valence electrons. The molecule has 0 aliphatic carbocycles. The van der Waals surface area contributed by atoms with Crippen molar-refractivity contribution in [3.63, 3.8) is 0 Å². The highest BCUT2D eigenvalue weighted by molar-refractivity contribution is 5.93. The molecule has 1 rings (SSSR count). The van der Waals surface area contributed by atoms with Gasteiger partial charge in [-0.1, -0.05) is 0 Å². The molecule has 0 amide bonds. The third kappa shape index (κ3) is 5.86. The predicted octanol–water partition coefficient (Wildman–Crippen LogP) is 2.97. The van der Waals surface area contributed by atoms with Crippen LogP contribution in [0.3, 0.4) is 0 Å². The molecule has 1 aromatic rings. The number of ether oxygens (including phenoxy) is 2. The first kappa shape index (κ1) is 16.4. The Balaban J connectivity index is 2.72. The summed E-state index contributed by atoms with van der Waals surface area (Å²) in [5.41, 5.74) is -0.341. The Hall–Kier alpha value is -2.69. The molecule has 0 spiro atoms. The molecule has 0 heterocycles. The second-order valence-corrected chi connectivity index (χ2v) is 3.61. The number of rotatable bonds is 5. The fourth-order valence-corrected chi connectivity index (χ4v) is 1.27. The predicted molar refractivity (Wildman–Crippen MR) is 67.1 cm³/mol. The van der Waals surface area contributed by atoms with Gasteiger partial charge in [-0.2, -0.15) is 5.26 Å². The number of halogens is 3. The van der Waals surface area contributed by atoms with Gasteiger partial charge in [-0.15, -0.1) is 13.2 Å². The van der Waals surface area contributed by atoms with E-state index in [0.29, 0.717) is 18.0 Å². The Morgan fingerprint density at radius 3 is 2.48 bits per heavy atom. The monoisotopic (exact) mass is 300 g/mol.